The number of hydrogen-bond acceptors (Lipinski definition) is 9. The molecule has 2 aromatic heterocycles. The van der Waals surface area contributed by atoms with Gasteiger partial charge < -0.3 is 30.7 Å². The molecule has 2 fully saturated rings. The lowest BCUT2D eigenvalue weighted by Crippen LogP contribution is -2.32. The molecule has 0 aliphatic carbocycles. The number of pyridine rings is 1. The van der Waals surface area contributed by atoms with E-state index in [0.29, 0.717) is 32.7 Å². The Kier molecular flexibility index (Phi) is 12.5. The summed E-state index contributed by atoms with van der Waals surface area (Å²) in [5.41, 5.74) is 7.82. The predicted octanol–water partition coefficient (Wildman–Crippen LogP) is 4.40. The van der Waals surface area contributed by atoms with Gasteiger partial charge in [0.05, 0.1) is 24.4 Å². The van der Waals surface area contributed by atoms with Gasteiger partial charge in [0.1, 0.15) is 12.2 Å². The van der Waals surface area contributed by atoms with Gasteiger partial charge in [-0.15, -0.1) is 0 Å². The molecule has 0 bridgehead atoms. The molecule has 2 aliphatic heterocycles. The second-order valence-corrected chi connectivity index (χ2v) is 13.3. The monoisotopic (exact) mass is 696 g/mol. The number of carbonyl (C=O) groups is 2. The quantitative estimate of drug-likeness (QED) is 0.142. The number of nitrogens with one attached hydrogen (secondary N) is 4. The van der Waals surface area contributed by atoms with Crippen molar-refractivity contribution in [1.29, 1.82) is 0 Å². The van der Waals surface area contributed by atoms with E-state index in [1.807, 2.05) is 29.9 Å². The van der Waals surface area contributed by atoms with Crippen LogP contribution in [-0.4, -0.2) is 84.0 Å². The highest BCUT2D eigenvalue weighted by Crippen LogP contribution is 2.33. The summed E-state index contributed by atoms with van der Waals surface area (Å²) in [5.74, 6) is 0.0867. The average Bonchev–Trinajstić information content (AvgIpc) is 3.40. The van der Waals surface area contributed by atoms with Crippen LogP contribution in [0.2, 0.25) is 0 Å². The average molecular weight is 697 g/mol. The molecule has 2 aromatic carbocycles. The van der Waals surface area contributed by atoms with Crippen molar-refractivity contribution in [2.24, 2.45) is 0 Å². The molecule has 2 saturated heterocycles. The zero-order chi connectivity index (χ0) is 35.6. The van der Waals surface area contributed by atoms with Gasteiger partial charge in [-0.25, -0.2) is 9.67 Å². The van der Waals surface area contributed by atoms with Crippen molar-refractivity contribution in [2.45, 2.75) is 78.2 Å². The lowest BCUT2D eigenvalue weighted by Gasteiger charge is -2.26. The number of aryl methyl sites for hydroxylation is 2. The van der Waals surface area contributed by atoms with Gasteiger partial charge in [0.2, 0.25) is 11.8 Å². The van der Waals surface area contributed by atoms with Crippen LogP contribution >= 0.6 is 0 Å². The van der Waals surface area contributed by atoms with Gasteiger partial charge >= 0.3 is 0 Å². The number of anilines is 1. The summed E-state index contributed by atoms with van der Waals surface area (Å²) >= 11 is 0. The number of carbonyl (C=O) groups excluding carboxylic acids is 2. The Morgan fingerprint density at radius 3 is 2.61 bits per heavy atom. The SMILES string of the molecule is CCc1nc2c(cnn2CC)c(NC2CCOCC2)c1CNC(=O)CC(=O)NCc1ccc(OC)c(-c2cccc(CN3CCCNCC3)c2)c1. The Bertz CT molecular complexity index is 1790. The fraction of sp³-hybridized carbons (Fsp3) is 0.487. The minimum absolute atomic E-state index is 0.253. The van der Waals surface area contributed by atoms with Crippen LogP contribution in [-0.2, 0) is 46.9 Å². The van der Waals surface area contributed by atoms with Crippen LogP contribution in [0.1, 0.15) is 61.9 Å². The molecule has 0 atom stereocenters. The van der Waals surface area contributed by atoms with Gasteiger partial charge in [-0.1, -0.05) is 31.2 Å². The van der Waals surface area contributed by atoms with Crippen molar-refractivity contribution in [1.82, 2.24) is 35.6 Å². The normalized spacial score (nSPS) is 15.7. The molecule has 2 amide bonds. The highest BCUT2D eigenvalue weighted by molar-refractivity contribution is 5.97. The Balaban J connectivity index is 1.09. The summed E-state index contributed by atoms with van der Waals surface area (Å²) in [6.45, 7) is 11.9. The Labute approximate surface area is 300 Å². The number of aromatic nitrogens is 3. The number of fused-ring (bicyclic) bond motifs is 1. The number of amides is 2. The Morgan fingerprint density at radius 1 is 1.00 bits per heavy atom. The number of nitrogens with zero attached hydrogens (tertiary/aromatic N) is 4. The molecule has 0 spiro atoms. The van der Waals surface area contributed by atoms with Crippen molar-refractivity contribution < 1.29 is 19.1 Å². The van der Waals surface area contributed by atoms with Gasteiger partial charge in [-0.05, 0) is 80.6 Å². The maximum Gasteiger partial charge on any atom is 0.229 e. The van der Waals surface area contributed by atoms with Gasteiger partial charge in [0.25, 0.3) is 0 Å². The zero-order valence-corrected chi connectivity index (χ0v) is 30.2. The first-order valence-electron chi connectivity index (χ1n) is 18.4. The molecule has 12 heteroatoms. The minimum atomic E-state index is -0.344. The standard InChI is InChI=1S/C39H52N8O4/c1-4-34-32(38(44-30-12-18-51-19-13-30)33-25-43-47(5-2)39(33)45-34)24-42-37(49)22-36(48)41-23-27-10-11-35(50-3)31(21-27)29-9-6-8-28(20-29)26-46-16-7-14-40-15-17-46/h6,8-11,20-21,25,30,40H,4-5,7,12-19,22-24,26H2,1-3H3,(H,41,48)(H,42,49)(H,44,45). The summed E-state index contributed by atoms with van der Waals surface area (Å²) in [6.07, 6.45) is 5.23. The largest absolute Gasteiger partial charge is 0.496 e. The van der Waals surface area contributed by atoms with Gasteiger partial charge in [-0.3, -0.25) is 14.5 Å². The number of benzene rings is 2. The molecule has 272 valence electrons. The first-order valence-corrected chi connectivity index (χ1v) is 18.4. The third kappa shape index (κ3) is 9.24. The third-order valence-electron chi connectivity index (χ3n) is 9.79. The molecule has 51 heavy (non-hydrogen) atoms. The number of methoxy groups -OCH3 is 1. The molecule has 6 rings (SSSR count). The van der Waals surface area contributed by atoms with E-state index in [-0.39, 0.29) is 30.8 Å². The van der Waals surface area contributed by atoms with Crippen molar-refractivity contribution in [2.75, 3.05) is 51.8 Å². The summed E-state index contributed by atoms with van der Waals surface area (Å²) in [4.78, 5) is 33.5. The van der Waals surface area contributed by atoms with Gasteiger partial charge in [-0.2, -0.15) is 5.10 Å². The molecule has 0 unspecified atom stereocenters. The van der Waals surface area contributed by atoms with Gasteiger partial charge in [0.15, 0.2) is 5.65 Å². The highest BCUT2D eigenvalue weighted by atomic mass is 16.5. The van der Waals surface area contributed by atoms with E-state index in [1.54, 1.807) is 7.11 Å². The molecule has 0 radical (unpaired) electrons. The van der Waals surface area contributed by atoms with Crippen molar-refractivity contribution in [3.05, 3.63) is 71.0 Å². The summed E-state index contributed by atoms with van der Waals surface area (Å²) in [5, 5.41) is 18.6. The van der Waals surface area contributed by atoms with Crippen LogP contribution in [0.4, 0.5) is 5.69 Å². The lowest BCUT2D eigenvalue weighted by molar-refractivity contribution is -0.129. The second kappa shape index (κ2) is 17.6. The fourth-order valence-corrected chi connectivity index (χ4v) is 7.00. The van der Waals surface area contributed by atoms with Crippen LogP contribution in [0.3, 0.4) is 0 Å². The molecule has 0 saturated carbocycles. The maximum absolute atomic E-state index is 13.1. The van der Waals surface area contributed by atoms with Crippen LogP contribution < -0.4 is 26.0 Å². The van der Waals surface area contributed by atoms with E-state index >= 15 is 0 Å². The molecule has 12 nitrogen and oxygen atoms in total. The van der Waals surface area contributed by atoms with E-state index < -0.39 is 0 Å². The molecule has 4 heterocycles. The van der Waals surface area contributed by atoms with Crippen LogP contribution in [0.15, 0.2) is 48.7 Å². The summed E-state index contributed by atoms with van der Waals surface area (Å²) in [6, 6.07) is 14.8. The summed E-state index contributed by atoms with van der Waals surface area (Å²) < 4.78 is 13.2. The van der Waals surface area contributed by atoms with Crippen LogP contribution in [0, 0.1) is 0 Å². The van der Waals surface area contributed by atoms with E-state index in [4.69, 9.17) is 14.5 Å². The first kappa shape index (κ1) is 36.3. The van der Waals surface area contributed by atoms with E-state index in [0.717, 1.165) is 102 Å². The minimum Gasteiger partial charge on any atom is -0.496 e. The zero-order valence-electron chi connectivity index (χ0n) is 30.2. The number of rotatable bonds is 14. The first-order chi connectivity index (χ1) is 24.9. The number of hydrogen-bond donors (Lipinski definition) is 4. The van der Waals surface area contributed by atoms with Crippen molar-refractivity contribution >= 4 is 28.5 Å². The van der Waals surface area contributed by atoms with Crippen molar-refractivity contribution in [3.63, 3.8) is 0 Å². The van der Waals surface area contributed by atoms with E-state index in [9.17, 15) is 9.59 Å². The van der Waals surface area contributed by atoms with Crippen LogP contribution in [0.25, 0.3) is 22.2 Å². The highest BCUT2D eigenvalue weighted by Gasteiger charge is 2.22. The molecular formula is C39H52N8O4. The molecule has 4 N–H and O–H groups in total. The number of ether oxygens (including phenoxy) is 2. The fourth-order valence-electron chi connectivity index (χ4n) is 7.00. The molecular weight excluding hydrogens is 644 g/mol. The topological polar surface area (TPSA) is 135 Å². The lowest BCUT2D eigenvalue weighted by atomic mass is 9.99. The Morgan fingerprint density at radius 2 is 1.82 bits per heavy atom. The predicted molar refractivity (Wildman–Crippen MR) is 200 cm³/mol. The maximum atomic E-state index is 13.1. The van der Waals surface area contributed by atoms with Crippen LogP contribution in [0.5, 0.6) is 5.75 Å². The van der Waals surface area contributed by atoms with Gasteiger partial charge in [0, 0.05) is 75.3 Å². The molecule has 4 aromatic rings. The third-order valence-corrected chi connectivity index (χ3v) is 9.79. The van der Waals surface area contributed by atoms with E-state index in [2.05, 4.69) is 68.5 Å². The smallest absolute Gasteiger partial charge is 0.229 e. The van der Waals surface area contributed by atoms with E-state index in [1.165, 1.54) is 5.56 Å². The molecule has 2 aliphatic rings. The van der Waals surface area contributed by atoms with Crippen molar-refractivity contribution in [3.8, 4) is 16.9 Å². The second-order valence-electron chi connectivity index (χ2n) is 13.3. The summed E-state index contributed by atoms with van der Waals surface area (Å²) in [7, 11) is 1.67. The Hall–Kier alpha value is -4.52.